The zero-order chi connectivity index (χ0) is 10.8. The van der Waals surface area contributed by atoms with Crippen LogP contribution in [-0.4, -0.2) is 10.9 Å². The highest BCUT2D eigenvalue weighted by molar-refractivity contribution is 7.09. The largest absolute Gasteiger partial charge is 0.350 e. The second-order valence-electron chi connectivity index (χ2n) is 4.12. The van der Waals surface area contributed by atoms with E-state index in [1.165, 1.54) is 0 Å². The van der Waals surface area contributed by atoms with Gasteiger partial charge in [-0.25, -0.2) is 4.98 Å². The number of hydrogen-bond acceptors (Lipinski definition) is 3. The lowest BCUT2D eigenvalue weighted by Crippen LogP contribution is -2.24. The van der Waals surface area contributed by atoms with Crippen LogP contribution in [0.1, 0.15) is 31.0 Å². The van der Waals surface area contributed by atoms with Crippen LogP contribution >= 0.6 is 11.3 Å². The smallest absolute Gasteiger partial charge is 0.223 e. The van der Waals surface area contributed by atoms with Gasteiger partial charge in [0.25, 0.3) is 0 Å². The molecule has 0 aliphatic heterocycles. The molecule has 1 saturated carbocycles. The zero-order valence-electron chi connectivity index (χ0n) is 9.12. The first-order chi connectivity index (χ1) is 7.20. The maximum absolute atomic E-state index is 11.5. The molecule has 1 heterocycles. The van der Waals surface area contributed by atoms with E-state index in [1.54, 1.807) is 11.3 Å². The molecule has 1 aromatic heterocycles. The highest BCUT2D eigenvalue weighted by atomic mass is 32.1. The molecule has 3 nitrogen and oxygen atoms in total. The lowest BCUT2D eigenvalue weighted by atomic mass is 10.3. The molecule has 0 saturated heterocycles. The summed E-state index contributed by atoms with van der Waals surface area (Å²) in [5.74, 6) is 1.02. The summed E-state index contributed by atoms with van der Waals surface area (Å²) in [6.45, 7) is 4.79. The van der Waals surface area contributed by atoms with Crippen molar-refractivity contribution in [3.8, 4) is 0 Å². The Balaban J connectivity index is 1.80. The fraction of sp³-hybridized carbons (Fsp3) is 0.636. The molecule has 0 radical (unpaired) electrons. The van der Waals surface area contributed by atoms with E-state index in [0.717, 1.165) is 23.5 Å². The van der Waals surface area contributed by atoms with Crippen LogP contribution in [0.5, 0.6) is 0 Å². The van der Waals surface area contributed by atoms with Crippen LogP contribution < -0.4 is 5.32 Å². The molecule has 1 aromatic rings. The highest BCUT2D eigenvalue weighted by Crippen LogP contribution is 2.37. The maximum atomic E-state index is 11.5. The number of aryl methyl sites for hydroxylation is 1. The van der Waals surface area contributed by atoms with Crippen LogP contribution in [0.3, 0.4) is 0 Å². The van der Waals surface area contributed by atoms with Gasteiger partial charge in [-0.1, -0.05) is 13.8 Å². The fourth-order valence-electron chi connectivity index (χ4n) is 1.59. The first kappa shape index (κ1) is 10.6. The Hall–Kier alpha value is -0.900. The quantitative estimate of drug-likeness (QED) is 0.849. The normalized spacial score (nSPS) is 23.9. The van der Waals surface area contributed by atoms with Crippen molar-refractivity contribution < 1.29 is 4.79 Å². The van der Waals surface area contributed by atoms with E-state index in [1.807, 2.05) is 5.38 Å². The average molecular weight is 224 g/mol. The Morgan fingerprint density at radius 3 is 3.00 bits per heavy atom. The summed E-state index contributed by atoms with van der Waals surface area (Å²) >= 11 is 1.66. The van der Waals surface area contributed by atoms with E-state index in [0.29, 0.717) is 12.5 Å². The molecule has 2 rings (SSSR count). The predicted molar refractivity (Wildman–Crippen MR) is 60.6 cm³/mol. The summed E-state index contributed by atoms with van der Waals surface area (Å²) in [6, 6.07) is 0. The molecular weight excluding hydrogens is 208 g/mol. The molecule has 0 spiro atoms. The van der Waals surface area contributed by atoms with E-state index in [-0.39, 0.29) is 11.8 Å². The minimum atomic E-state index is 0.188. The van der Waals surface area contributed by atoms with Crippen molar-refractivity contribution in [2.45, 2.75) is 33.2 Å². The van der Waals surface area contributed by atoms with Crippen molar-refractivity contribution >= 4 is 17.2 Å². The number of amides is 1. The van der Waals surface area contributed by atoms with Gasteiger partial charge in [-0.3, -0.25) is 4.79 Å². The van der Waals surface area contributed by atoms with E-state index < -0.39 is 0 Å². The van der Waals surface area contributed by atoms with Gasteiger partial charge in [0.1, 0.15) is 0 Å². The van der Waals surface area contributed by atoms with Crippen LogP contribution in [0.25, 0.3) is 0 Å². The van der Waals surface area contributed by atoms with E-state index >= 15 is 0 Å². The highest BCUT2D eigenvalue weighted by Gasteiger charge is 2.38. The third-order valence-electron chi connectivity index (χ3n) is 2.79. The molecule has 0 aromatic carbocycles. The summed E-state index contributed by atoms with van der Waals surface area (Å²) in [5.41, 5.74) is 0.985. The monoisotopic (exact) mass is 224 g/mol. The molecule has 1 aliphatic carbocycles. The molecule has 1 fully saturated rings. The predicted octanol–water partition coefficient (Wildman–Crippen LogP) is 1.98. The van der Waals surface area contributed by atoms with Crippen LogP contribution in [0.2, 0.25) is 0 Å². The van der Waals surface area contributed by atoms with Crippen molar-refractivity contribution in [3.05, 3.63) is 16.1 Å². The second-order valence-corrected chi connectivity index (χ2v) is 5.07. The third kappa shape index (κ3) is 2.56. The maximum Gasteiger partial charge on any atom is 0.223 e. The van der Waals surface area contributed by atoms with E-state index in [2.05, 4.69) is 24.1 Å². The number of carbonyl (C=O) groups is 1. The summed E-state index contributed by atoms with van der Waals surface area (Å²) in [4.78, 5) is 15.9. The minimum Gasteiger partial charge on any atom is -0.350 e. The molecule has 2 atom stereocenters. The number of hydrogen-bond donors (Lipinski definition) is 1. The lowest BCUT2D eigenvalue weighted by molar-refractivity contribution is -0.122. The van der Waals surface area contributed by atoms with Crippen LogP contribution in [0, 0.1) is 11.8 Å². The van der Waals surface area contributed by atoms with Crippen LogP contribution in [0.15, 0.2) is 5.38 Å². The standard InChI is InChI=1S/C11H16N2OS/c1-3-10-13-8(6-15-10)5-12-11(14)9-4-7(9)2/h6-7,9H,3-5H2,1-2H3,(H,12,14). The molecule has 2 unspecified atom stereocenters. The molecule has 1 aliphatic rings. The molecule has 1 amide bonds. The molecule has 82 valence electrons. The summed E-state index contributed by atoms with van der Waals surface area (Å²) in [5, 5.41) is 6.10. The molecular formula is C11H16N2OS. The van der Waals surface area contributed by atoms with Crippen molar-refractivity contribution in [2.24, 2.45) is 11.8 Å². The number of nitrogens with zero attached hydrogens (tertiary/aromatic N) is 1. The number of carbonyl (C=O) groups excluding carboxylic acids is 1. The van der Waals surface area contributed by atoms with Gasteiger partial charge in [-0.05, 0) is 18.8 Å². The number of aromatic nitrogens is 1. The Labute approximate surface area is 93.9 Å². The van der Waals surface area contributed by atoms with Crippen molar-refractivity contribution in [1.29, 1.82) is 0 Å². The summed E-state index contributed by atoms with van der Waals surface area (Å²) < 4.78 is 0. The first-order valence-corrected chi connectivity index (χ1v) is 6.29. The number of rotatable bonds is 4. The number of nitrogens with one attached hydrogen (secondary N) is 1. The SMILES string of the molecule is CCc1nc(CNC(=O)C2CC2C)cs1. The van der Waals surface area contributed by atoms with Crippen LogP contribution in [-0.2, 0) is 17.8 Å². The minimum absolute atomic E-state index is 0.188. The van der Waals surface area contributed by atoms with Gasteiger partial charge in [-0.2, -0.15) is 0 Å². The van der Waals surface area contributed by atoms with Gasteiger partial charge in [0, 0.05) is 11.3 Å². The molecule has 1 N–H and O–H groups in total. The Bertz CT molecular complexity index is 361. The molecule has 15 heavy (non-hydrogen) atoms. The van der Waals surface area contributed by atoms with E-state index in [4.69, 9.17) is 0 Å². The van der Waals surface area contributed by atoms with E-state index in [9.17, 15) is 4.79 Å². The Morgan fingerprint density at radius 1 is 1.73 bits per heavy atom. The zero-order valence-corrected chi connectivity index (χ0v) is 9.93. The Kier molecular flexibility index (Phi) is 3.05. The third-order valence-corrected chi connectivity index (χ3v) is 3.83. The van der Waals surface area contributed by atoms with Gasteiger partial charge in [0.2, 0.25) is 5.91 Å². The average Bonchev–Trinajstić information content (AvgIpc) is 2.81. The summed E-state index contributed by atoms with van der Waals surface area (Å²) in [6.07, 6.45) is 2.02. The molecule has 4 heteroatoms. The molecule has 0 bridgehead atoms. The van der Waals surface area contributed by atoms with Crippen LogP contribution in [0.4, 0.5) is 0 Å². The van der Waals surface area contributed by atoms with Gasteiger partial charge in [0.15, 0.2) is 0 Å². The summed E-state index contributed by atoms with van der Waals surface area (Å²) in [7, 11) is 0. The van der Waals surface area contributed by atoms with Gasteiger partial charge in [-0.15, -0.1) is 11.3 Å². The topological polar surface area (TPSA) is 42.0 Å². The van der Waals surface area contributed by atoms with Gasteiger partial charge in [0.05, 0.1) is 17.2 Å². The Morgan fingerprint density at radius 2 is 2.47 bits per heavy atom. The van der Waals surface area contributed by atoms with Gasteiger partial charge >= 0.3 is 0 Å². The fourth-order valence-corrected chi connectivity index (χ4v) is 2.33. The van der Waals surface area contributed by atoms with Crippen molar-refractivity contribution in [2.75, 3.05) is 0 Å². The lowest BCUT2D eigenvalue weighted by Gasteiger charge is -2.01. The van der Waals surface area contributed by atoms with Gasteiger partial charge < -0.3 is 5.32 Å². The second kappa shape index (κ2) is 4.31. The van der Waals surface area contributed by atoms with Crippen molar-refractivity contribution in [1.82, 2.24) is 10.3 Å². The first-order valence-electron chi connectivity index (χ1n) is 5.41. The van der Waals surface area contributed by atoms with Crippen molar-refractivity contribution in [3.63, 3.8) is 0 Å². The number of thiazole rings is 1.